The fraction of sp³-hybridized carbons (Fsp3) is 0.350. The number of ketones is 1. The molecule has 0 aliphatic carbocycles. The van der Waals surface area contributed by atoms with Gasteiger partial charge in [-0.1, -0.05) is 36.4 Å². The number of rotatable bonds is 8. The first kappa shape index (κ1) is 17.4. The summed E-state index contributed by atoms with van der Waals surface area (Å²) in [6, 6.07) is 14.2. The Hall–Kier alpha value is -2.00. The lowest BCUT2D eigenvalue weighted by atomic mass is 10.0. The highest BCUT2D eigenvalue weighted by Crippen LogP contribution is 2.12. The van der Waals surface area contributed by atoms with Crippen LogP contribution in [0.5, 0.6) is 0 Å². The lowest BCUT2D eigenvalue weighted by Crippen LogP contribution is -2.13. The molecule has 2 nitrogen and oxygen atoms in total. The molecule has 0 aliphatic rings. The third kappa shape index (κ3) is 5.95. The number of hydrogen-bond acceptors (Lipinski definition) is 2. The normalized spacial score (nSPS) is 11.0. The topological polar surface area (TPSA) is 20.3 Å². The lowest BCUT2D eigenvalue weighted by Gasteiger charge is -2.09. The van der Waals surface area contributed by atoms with Crippen LogP contribution >= 0.6 is 0 Å². The molecule has 0 unspecified atom stereocenters. The van der Waals surface area contributed by atoms with Crippen molar-refractivity contribution in [1.82, 2.24) is 4.90 Å². The predicted octanol–water partition coefficient (Wildman–Crippen LogP) is 4.14. The molecule has 0 aromatic heterocycles. The minimum absolute atomic E-state index is 0.133. The van der Waals surface area contributed by atoms with Crippen molar-refractivity contribution < 1.29 is 9.18 Å². The van der Waals surface area contributed by atoms with Crippen molar-refractivity contribution in [1.29, 1.82) is 0 Å². The van der Waals surface area contributed by atoms with Crippen molar-refractivity contribution in [2.45, 2.75) is 25.7 Å². The van der Waals surface area contributed by atoms with E-state index in [9.17, 15) is 9.18 Å². The molecule has 0 atom stereocenters. The molecule has 0 amide bonds. The summed E-state index contributed by atoms with van der Waals surface area (Å²) in [5.74, 6) is -0.112. The van der Waals surface area contributed by atoms with Gasteiger partial charge in [0.1, 0.15) is 5.82 Å². The van der Waals surface area contributed by atoms with Gasteiger partial charge in [-0.25, -0.2) is 4.39 Å². The maximum atomic E-state index is 12.9. The summed E-state index contributed by atoms with van der Waals surface area (Å²) in [6.45, 7) is 1.07. The zero-order valence-corrected chi connectivity index (χ0v) is 13.9. The molecule has 2 aromatic rings. The van der Waals surface area contributed by atoms with E-state index in [1.807, 2.05) is 24.3 Å². The average Bonchev–Trinajstić information content (AvgIpc) is 2.54. The number of carbonyl (C=O) groups is 1. The van der Waals surface area contributed by atoms with Gasteiger partial charge in [0, 0.05) is 12.0 Å². The predicted molar refractivity (Wildman–Crippen MR) is 92.4 cm³/mol. The molecule has 0 saturated carbocycles. The van der Waals surface area contributed by atoms with E-state index in [4.69, 9.17) is 0 Å². The Bertz CT molecular complexity index is 617. The number of benzene rings is 2. The second-order valence-corrected chi connectivity index (χ2v) is 6.15. The van der Waals surface area contributed by atoms with Crippen molar-refractivity contribution in [3.05, 3.63) is 71.0 Å². The Kier molecular flexibility index (Phi) is 6.48. The van der Waals surface area contributed by atoms with Gasteiger partial charge in [-0.05, 0) is 63.2 Å². The molecule has 122 valence electrons. The molecule has 0 saturated heterocycles. The van der Waals surface area contributed by atoms with Gasteiger partial charge in [0.25, 0.3) is 0 Å². The number of aryl methyl sites for hydroxylation is 2. The number of carbonyl (C=O) groups excluding carboxylic acids is 1. The molecule has 0 N–H and O–H groups in total. The number of hydrogen-bond donors (Lipinski definition) is 0. The van der Waals surface area contributed by atoms with Gasteiger partial charge in [0.05, 0.1) is 0 Å². The number of nitrogens with zero attached hydrogens (tertiary/aromatic N) is 1. The van der Waals surface area contributed by atoms with Crippen molar-refractivity contribution in [2.75, 3.05) is 20.6 Å². The summed E-state index contributed by atoms with van der Waals surface area (Å²) >= 11 is 0. The maximum Gasteiger partial charge on any atom is 0.163 e. The third-order valence-corrected chi connectivity index (χ3v) is 3.90. The molecule has 23 heavy (non-hydrogen) atoms. The number of halogens is 1. The van der Waals surface area contributed by atoms with Crippen molar-refractivity contribution >= 4 is 5.78 Å². The monoisotopic (exact) mass is 313 g/mol. The molecule has 0 aliphatic heterocycles. The van der Waals surface area contributed by atoms with Crippen LogP contribution in [0.15, 0.2) is 48.5 Å². The highest BCUT2D eigenvalue weighted by molar-refractivity contribution is 5.96. The highest BCUT2D eigenvalue weighted by atomic mass is 19.1. The fourth-order valence-electron chi connectivity index (χ4n) is 2.51. The van der Waals surface area contributed by atoms with Crippen molar-refractivity contribution in [2.24, 2.45) is 0 Å². The van der Waals surface area contributed by atoms with Crippen molar-refractivity contribution in [3.63, 3.8) is 0 Å². The van der Waals surface area contributed by atoms with Crippen LogP contribution in [0.2, 0.25) is 0 Å². The Morgan fingerprint density at radius 2 is 1.48 bits per heavy atom. The van der Waals surface area contributed by atoms with Gasteiger partial charge in [-0.15, -0.1) is 0 Å². The summed E-state index contributed by atoms with van der Waals surface area (Å²) in [6.07, 6.45) is 3.24. The molecular formula is C20H24FNO. The highest BCUT2D eigenvalue weighted by Gasteiger charge is 2.06. The van der Waals surface area contributed by atoms with E-state index < -0.39 is 0 Å². The molecular weight excluding hydrogens is 289 g/mol. The van der Waals surface area contributed by atoms with Gasteiger partial charge in [-0.2, -0.15) is 0 Å². The molecule has 0 radical (unpaired) electrons. The van der Waals surface area contributed by atoms with E-state index >= 15 is 0 Å². The fourth-order valence-corrected chi connectivity index (χ4v) is 2.51. The Morgan fingerprint density at radius 1 is 0.913 bits per heavy atom. The van der Waals surface area contributed by atoms with Gasteiger partial charge in [-0.3, -0.25) is 4.79 Å². The van der Waals surface area contributed by atoms with Gasteiger partial charge in [0.15, 0.2) is 5.78 Å². The van der Waals surface area contributed by atoms with Crippen LogP contribution in [-0.2, 0) is 12.8 Å². The minimum atomic E-state index is -0.245. The summed E-state index contributed by atoms with van der Waals surface area (Å²) < 4.78 is 12.9. The molecule has 0 bridgehead atoms. The van der Waals surface area contributed by atoms with E-state index in [0.29, 0.717) is 12.8 Å². The van der Waals surface area contributed by atoms with Gasteiger partial charge in [0.2, 0.25) is 0 Å². The van der Waals surface area contributed by atoms with Crippen LogP contribution in [0.4, 0.5) is 4.39 Å². The molecule has 0 spiro atoms. The molecule has 0 heterocycles. The van der Waals surface area contributed by atoms with Gasteiger partial charge < -0.3 is 4.90 Å². The average molecular weight is 313 g/mol. The van der Waals surface area contributed by atoms with Crippen LogP contribution in [0.1, 0.15) is 34.3 Å². The second-order valence-electron chi connectivity index (χ2n) is 6.15. The SMILES string of the molecule is CN(C)CCCc1ccc(C(=O)CCc2ccc(F)cc2)cc1. The van der Waals surface area contributed by atoms with Gasteiger partial charge >= 0.3 is 0 Å². The van der Waals surface area contributed by atoms with Crippen LogP contribution in [0, 0.1) is 5.82 Å². The molecule has 2 aromatic carbocycles. The molecule has 0 fully saturated rings. The van der Waals surface area contributed by atoms with E-state index in [-0.39, 0.29) is 11.6 Å². The van der Waals surface area contributed by atoms with E-state index in [0.717, 1.165) is 30.5 Å². The first-order valence-electron chi connectivity index (χ1n) is 8.06. The second kappa shape index (κ2) is 8.59. The van der Waals surface area contributed by atoms with Crippen LogP contribution in [-0.4, -0.2) is 31.3 Å². The Balaban J connectivity index is 1.83. The van der Waals surface area contributed by atoms with E-state index in [1.54, 1.807) is 12.1 Å². The molecule has 3 heteroatoms. The minimum Gasteiger partial charge on any atom is -0.309 e. The first-order valence-corrected chi connectivity index (χ1v) is 8.06. The molecule has 2 rings (SSSR count). The first-order chi connectivity index (χ1) is 11.0. The third-order valence-electron chi connectivity index (χ3n) is 3.90. The van der Waals surface area contributed by atoms with E-state index in [2.05, 4.69) is 19.0 Å². The summed E-state index contributed by atoms with van der Waals surface area (Å²) in [7, 11) is 4.14. The van der Waals surface area contributed by atoms with Crippen LogP contribution in [0.25, 0.3) is 0 Å². The zero-order valence-electron chi connectivity index (χ0n) is 13.9. The van der Waals surface area contributed by atoms with Crippen molar-refractivity contribution in [3.8, 4) is 0 Å². The zero-order chi connectivity index (χ0) is 16.7. The smallest absolute Gasteiger partial charge is 0.163 e. The quantitative estimate of drug-likeness (QED) is 0.683. The summed E-state index contributed by atoms with van der Waals surface area (Å²) in [5, 5.41) is 0. The lowest BCUT2D eigenvalue weighted by molar-refractivity contribution is 0.0983. The largest absolute Gasteiger partial charge is 0.309 e. The maximum absolute atomic E-state index is 12.9. The Labute approximate surface area is 137 Å². The van der Waals surface area contributed by atoms with Crippen LogP contribution < -0.4 is 0 Å². The Morgan fingerprint density at radius 3 is 2.09 bits per heavy atom. The summed E-state index contributed by atoms with van der Waals surface area (Å²) in [4.78, 5) is 14.4. The van der Waals surface area contributed by atoms with Crippen LogP contribution in [0.3, 0.4) is 0 Å². The standard InChI is InChI=1S/C20H24FNO/c1-22(2)15-3-4-16-5-10-18(11-6-16)20(23)14-9-17-7-12-19(21)13-8-17/h5-8,10-13H,3-4,9,14-15H2,1-2H3. The van der Waals surface area contributed by atoms with E-state index in [1.165, 1.54) is 17.7 Å². The number of Topliss-reactive ketones (excluding diaryl/α,β-unsaturated/α-hetero) is 1. The summed E-state index contributed by atoms with van der Waals surface area (Å²) in [5.41, 5.74) is 3.01.